The molecule has 0 aromatic heterocycles. The van der Waals surface area contributed by atoms with Crippen molar-refractivity contribution in [3.8, 4) is 0 Å². The van der Waals surface area contributed by atoms with Crippen LogP contribution < -0.4 is 10.6 Å². The minimum atomic E-state index is -0.402. The fraction of sp³-hybridized carbons (Fsp3) is 0.300. The van der Waals surface area contributed by atoms with E-state index >= 15 is 0 Å². The Balaban J connectivity index is 1.99. The van der Waals surface area contributed by atoms with Crippen molar-refractivity contribution in [2.24, 2.45) is 0 Å². The molecule has 2 aromatic carbocycles. The predicted molar refractivity (Wildman–Crippen MR) is 100 cm³/mol. The first kappa shape index (κ1) is 18.5. The second-order valence-corrected chi connectivity index (χ2v) is 6.16. The molecule has 1 amide bonds. The van der Waals surface area contributed by atoms with Crippen LogP contribution in [0.5, 0.6) is 0 Å². The van der Waals surface area contributed by atoms with Crippen LogP contribution in [0.2, 0.25) is 0 Å². The van der Waals surface area contributed by atoms with Crippen LogP contribution in [0.4, 0.5) is 11.4 Å². The van der Waals surface area contributed by atoms with Crippen LogP contribution in [-0.2, 0) is 9.53 Å². The summed E-state index contributed by atoms with van der Waals surface area (Å²) < 4.78 is 4.65. The molecule has 0 atom stereocenters. The monoisotopic (exact) mass is 340 g/mol. The zero-order chi connectivity index (χ0) is 18.4. The third kappa shape index (κ3) is 4.83. The van der Waals surface area contributed by atoms with Gasteiger partial charge in [-0.15, -0.1) is 0 Å². The van der Waals surface area contributed by atoms with E-state index in [2.05, 4.69) is 35.3 Å². The lowest BCUT2D eigenvalue weighted by Gasteiger charge is -2.17. The lowest BCUT2D eigenvalue weighted by atomic mass is 9.98. The third-order valence-corrected chi connectivity index (χ3v) is 3.94. The predicted octanol–water partition coefficient (Wildman–Crippen LogP) is 3.96. The number of benzene rings is 2. The Labute approximate surface area is 148 Å². The molecule has 132 valence electrons. The van der Waals surface area contributed by atoms with Gasteiger partial charge in [0.2, 0.25) is 5.91 Å². The minimum Gasteiger partial charge on any atom is -0.465 e. The van der Waals surface area contributed by atoms with Crippen molar-refractivity contribution in [2.45, 2.75) is 26.7 Å². The minimum absolute atomic E-state index is 0.149. The highest BCUT2D eigenvalue weighted by Gasteiger charge is 2.11. The number of anilines is 2. The van der Waals surface area contributed by atoms with Crippen molar-refractivity contribution >= 4 is 23.3 Å². The molecule has 0 aliphatic heterocycles. The quantitative estimate of drug-likeness (QED) is 0.781. The van der Waals surface area contributed by atoms with E-state index in [0.29, 0.717) is 17.2 Å². The van der Waals surface area contributed by atoms with E-state index in [-0.39, 0.29) is 12.5 Å². The number of hydrogen-bond acceptors (Lipinski definition) is 4. The zero-order valence-electron chi connectivity index (χ0n) is 15.1. The van der Waals surface area contributed by atoms with E-state index in [0.717, 1.165) is 11.3 Å². The van der Waals surface area contributed by atoms with Crippen LogP contribution in [0, 0.1) is 6.92 Å². The molecule has 5 nitrogen and oxygen atoms in total. The van der Waals surface area contributed by atoms with Gasteiger partial charge in [0.1, 0.15) is 0 Å². The average Bonchev–Trinajstić information content (AvgIpc) is 2.60. The number of aryl methyl sites for hydroxylation is 1. The molecule has 2 rings (SSSR count). The van der Waals surface area contributed by atoms with Crippen molar-refractivity contribution in [1.29, 1.82) is 0 Å². The van der Waals surface area contributed by atoms with E-state index in [4.69, 9.17) is 0 Å². The number of methoxy groups -OCH3 is 1. The number of carbonyl (C=O) groups is 2. The number of esters is 1. The van der Waals surface area contributed by atoms with Gasteiger partial charge in [-0.1, -0.05) is 32.0 Å². The molecule has 2 N–H and O–H groups in total. The zero-order valence-corrected chi connectivity index (χ0v) is 15.1. The van der Waals surface area contributed by atoms with Gasteiger partial charge in [0, 0.05) is 11.4 Å². The van der Waals surface area contributed by atoms with Crippen LogP contribution >= 0.6 is 0 Å². The number of rotatable bonds is 6. The summed E-state index contributed by atoms with van der Waals surface area (Å²) in [5.74, 6) is -0.180. The van der Waals surface area contributed by atoms with Crippen LogP contribution in [0.15, 0.2) is 42.5 Å². The fourth-order valence-electron chi connectivity index (χ4n) is 2.59. The fourth-order valence-corrected chi connectivity index (χ4v) is 2.59. The van der Waals surface area contributed by atoms with Gasteiger partial charge in [-0.05, 0) is 48.2 Å². The molecule has 25 heavy (non-hydrogen) atoms. The first-order chi connectivity index (χ1) is 11.9. The van der Waals surface area contributed by atoms with Gasteiger partial charge < -0.3 is 15.4 Å². The smallest absolute Gasteiger partial charge is 0.337 e. The van der Waals surface area contributed by atoms with Crippen LogP contribution in [-0.4, -0.2) is 25.5 Å². The van der Waals surface area contributed by atoms with Gasteiger partial charge in [-0.2, -0.15) is 0 Å². The molecule has 2 aromatic rings. The second-order valence-electron chi connectivity index (χ2n) is 6.16. The first-order valence-corrected chi connectivity index (χ1v) is 8.24. The summed E-state index contributed by atoms with van der Waals surface area (Å²) in [5.41, 5.74) is 4.39. The van der Waals surface area contributed by atoms with Gasteiger partial charge in [0.05, 0.1) is 19.2 Å². The molecular weight excluding hydrogens is 316 g/mol. The molecule has 0 aliphatic rings. The molecule has 0 spiro atoms. The Kier molecular flexibility index (Phi) is 6.17. The topological polar surface area (TPSA) is 67.4 Å². The van der Waals surface area contributed by atoms with Crippen LogP contribution in [0.25, 0.3) is 0 Å². The number of ether oxygens (including phenoxy) is 1. The van der Waals surface area contributed by atoms with Crippen molar-refractivity contribution < 1.29 is 14.3 Å². The van der Waals surface area contributed by atoms with Gasteiger partial charge in [0.15, 0.2) is 0 Å². The van der Waals surface area contributed by atoms with Crippen molar-refractivity contribution in [2.75, 3.05) is 24.3 Å². The van der Waals surface area contributed by atoms with E-state index < -0.39 is 5.97 Å². The largest absolute Gasteiger partial charge is 0.465 e. The molecule has 0 radical (unpaired) electrons. The van der Waals surface area contributed by atoms with E-state index in [1.807, 2.05) is 19.1 Å². The van der Waals surface area contributed by atoms with Crippen molar-refractivity contribution in [1.82, 2.24) is 0 Å². The number of amides is 1. The SMILES string of the molecule is COC(=O)c1ccc(NC(=O)CNc2c(C)cccc2C(C)C)cc1. The lowest BCUT2D eigenvalue weighted by Crippen LogP contribution is -2.22. The molecule has 0 heterocycles. The molecule has 0 aliphatic carbocycles. The summed E-state index contributed by atoms with van der Waals surface area (Å²) in [5, 5.41) is 6.05. The maximum absolute atomic E-state index is 12.2. The first-order valence-electron chi connectivity index (χ1n) is 8.24. The molecule has 5 heteroatoms. The van der Waals surface area contributed by atoms with Crippen molar-refractivity contribution in [3.63, 3.8) is 0 Å². The third-order valence-electron chi connectivity index (χ3n) is 3.94. The summed E-state index contributed by atoms with van der Waals surface area (Å²) in [6.45, 7) is 6.45. The van der Waals surface area contributed by atoms with E-state index in [1.54, 1.807) is 24.3 Å². The molecular formula is C20H24N2O3. The molecule has 0 saturated carbocycles. The molecule has 0 unspecified atom stereocenters. The summed E-state index contributed by atoms with van der Waals surface area (Å²) in [6.07, 6.45) is 0. The average molecular weight is 340 g/mol. The van der Waals surface area contributed by atoms with E-state index in [1.165, 1.54) is 12.7 Å². The normalized spacial score (nSPS) is 10.4. The Morgan fingerprint density at radius 3 is 2.36 bits per heavy atom. The maximum atomic E-state index is 12.2. The molecule has 0 fully saturated rings. The number of nitrogens with one attached hydrogen (secondary N) is 2. The highest BCUT2D eigenvalue weighted by Crippen LogP contribution is 2.27. The number of para-hydroxylation sites is 1. The lowest BCUT2D eigenvalue weighted by molar-refractivity contribution is -0.114. The summed E-state index contributed by atoms with van der Waals surface area (Å²) in [4.78, 5) is 23.6. The Bertz CT molecular complexity index is 752. The van der Waals surface area contributed by atoms with Crippen molar-refractivity contribution in [3.05, 3.63) is 59.2 Å². The number of carbonyl (C=O) groups excluding carboxylic acids is 2. The standard InChI is InChI=1S/C20H24N2O3/c1-13(2)17-7-5-6-14(3)19(17)21-12-18(23)22-16-10-8-15(9-11-16)20(24)25-4/h5-11,13,21H,12H2,1-4H3,(H,22,23). The van der Waals surface area contributed by atoms with Crippen LogP contribution in [0.1, 0.15) is 41.3 Å². The van der Waals surface area contributed by atoms with E-state index in [9.17, 15) is 9.59 Å². The summed E-state index contributed by atoms with van der Waals surface area (Å²) in [6, 6.07) is 12.7. The van der Waals surface area contributed by atoms with Gasteiger partial charge in [-0.3, -0.25) is 4.79 Å². The Morgan fingerprint density at radius 2 is 1.76 bits per heavy atom. The molecule has 0 saturated heterocycles. The molecule has 0 bridgehead atoms. The van der Waals surface area contributed by atoms with Gasteiger partial charge in [-0.25, -0.2) is 4.79 Å². The number of hydrogen-bond donors (Lipinski definition) is 2. The summed E-state index contributed by atoms with van der Waals surface area (Å²) >= 11 is 0. The van der Waals surface area contributed by atoms with Crippen LogP contribution in [0.3, 0.4) is 0 Å². The Morgan fingerprint density at radius 1 is 1.08 bits per heavy atom. The maximum Gasteiger partial charge on any atom is 0.337 e. The van der Waals surface area contributed by atoms with Gasteiger partial charge >= 0.3 is 5.97 Å². The summed E-state index contributed by atoms with van der Waals surface area (Å²) in [7, 11) is 1.33. The second kappa shape index (κ2) is 8.33. The Hall–Kier alpha value is -2.82. The van der Waals surface area contributed by atoms with Gasteiger partial charge in [0.25, 0.3) is 0 Å². The highest BCUT2D eigenvalue weighted by atomic mass is 16.5. The highest BCUT2D eigenvalue weighted by molar-refractivity contribution is 5.95.